The molecular formula is C12H12BrClN2S. The molecule has 17 heavy (non-hydrogen) atoms. The molecule has 0 aliphatic carbocycles. The summed E-state index contributed by atoms with van der Waals surface area (Å²) < 4.78 is 0.877. The number of hydrogen-bond donors (Lipinski definition) is 1. The van der Waals surface area contributed by atoms with Gasteiger partial charge in [-0.15, -0.1) is 11.3 Å². The van der Waals surface area contributed by atoms with E-state index in [4.69, 9.17) is 17.3 Å². The molecule has 90 valence electrons. The van der Waals surface area contributed by atoms with Crippen molar-refractivity contribution in [3.8, 4) is 0 Å². The third-order valence-electron chi connectivity index (χ3n) is 2.44. The van der Waals surface area contributed by atoms with Crippen molar-refractivity contribution in [3.63, 3.8) is 0 Å². The van der Waals surface area contributed by atoms with Gasteiger partial charge in [-0.05, 0) is 34.5 Å². The van der Waals surface area contributed by atoms with Crippen molar-refractivity contribution in [1.82, 2.24) is 4.98 Å². The van der Waals surface area contributed by atoms with Gasteiger partial charge in [-0.2, -0.15) is 0 Å². The second kappa shape index (κ2) is 5.48. The Bertz CT molecular complexity index is 527. The van der Waals surface area contributed by atoms with Crippen molar-refractivity contribution in [2.75, 3.05) is 0 Å². The zero-order valence-corrected chi connectivity index (χ0v) is 12.4. The summed E-state index contributed by atoms with van der Waals surface area (Å²) in [5, 5.41) is 3.77. The van der Waals surface area contributed by atoms with Crippen LogP contribution in [0.3, 0.4) is 0 Å². The molecule has 0 spiro atoms. The van der Waals surface area contributed by atoms with Crippen molar-refractivity contribution in [2.24, 2.45) is 5.73 Å². The van der Waals surface area contributed by atoms with Gasteiger partial charge in [-0.1, -0.05) is 23.7 Å². The summed E-state index contributed by atoms with van der Waals surface area (Å²) in [5.74, 6) is 0. The van der Waals surface area contributed by atoms with Crippen molar-refractivity contribution < 1.29 is 0 Å². The molecule has 1 unspecified atom stereocenters. The van der Waals surface area contributed by atoms with Crippen molar-refractivity contribution >= 4 is 38.9 Å². The van der Waals surface area contributed by atoms with Crippen LogP contribution in [-0.4, -0.2) is 4.98 Å². The van der Waals surface area contributed by atoms with Gasteiger partial charge in [0.1, 0.15) is 0 Å². The predicted octanol–water partition coefficient (Wildman–Crippen LogP) is 4.11. The van der Waals surface area contributed by atoms with Crippen LogP contribution >= 0.6 is 38.9 Å². The Balaban J connectivity index is 2.20. The van der Waals surface area contributed by atoms with Gasteiger partial charge in [-0.25, -0.2) is 4.98 Å². The van der Waals surface area contributed by atoms with Crippen LogP contribution in [0, 0.1) is 6.92 Å². The maximum absolute atomic E-state index is 6.22. The number of halogens is 2. The second-order valence-corrected chi connectivity index (χ2v) is 6.01. The molecule has 2 aromatic rings. The number of rotatable bonds is 3. The Labute approximate surface area is 118 Å². The fourth-order valence-corrected chi connectivity index (χ4v) is 3.08. The lowest BCUT2D eigenvalue weighted by atomic mass is 10.1. The number of hydrogen-bond acceptors (Lipinski definition) is 3. The first-order chi connectivity index (χ1) is 8.08. The molecule has 5 heteroatoms. The first-order valence-electron chi connectivity index (χ1n) is 5.18. The molecule has 0 bridgehead atoms. The van der Waals surface area contributed by atoms with Gasteiger partial charge in [0.2, 0.25) is 0 Å². The average molecular weight is 332 g/mol. The average Bonchev–Trinajstić information content (AvgIpc) is 2.68. The Morgan fingerprint density at radius 2 is 2.29 bits per heavy atom. The summed E-state index contributed by atoms with van der Waals surface area (Å²) in [6, 6.07) is 5.69. The number of aryl methyl sites for hydroxylation is 1. The summed E-state index contributed by atoms with van der Waals surface area (Å²) in [7, 11) is 0. The van der Waals surface area contributed by atoms with Gasteiger partial charge in [0.25, 0.3) is 0 Å². The minimum absolute atomic E-state index is 0.120. The fourth-order valence-electron chi connectivity index (χ4n) is 1.60. The van der Waals surface area contributed by atoms with E-state index in [1.165, 1.54) is 0 Å². The monoisotopic (exact) mass is 330 g/mol. The smallest absolute Gasteiger partial charge is 0.0947 e. The molecule has 0 amide bonds. The Morgan fingerprint density at radius 1 is 1.53 bits per heavy atom. The highest BCUT2D eigenvalue weighted by Gasteiger charge is 2.14. The highest BCUT2D eigenvalue weighted by atomic mass is 79.9. The molecule has 2 N–H and O–H groups in total. The molecule has 0 saturated carbocycles. The van der Waals surface area contributed by atoms with Gasteiger partial charge >= 0.3 is 0 Å². The predicted molar refractivity (Wildman–Crippen MR) is 76.6 cm³/mol. The summed E-state index contributed by atoms with van der Waals surface area (Å²) in [4.78, 5) is 4.41. The maximum Gasteiger partial charge on any atom is 0.0947 e. The lowest BCUT2D eigenvalue weighted by Gasteiger charge is -2.13. The maximum atomic E-state index is 6.22. The largest absolute Gasteiger partial charge is 0.324 e. The SMILES string of the molecule is Cc1csc(CC(N)c2cccc(Br)c2Cl)n1. The highest BCUT2D eigenvalue weighted by Crippen LogP contribution is 2.31. The van der Waals surface area contributed by atoms with Gasteiger partial charge in [0.15, 0.2) is 0 Å². The van der Waals surface area contributed by atoms with Crippen LogP contribution in [0.5, 0.6) is 0 Å². The van der Waals surface area contributed by atoms with E-state index in [0.29, 0.717) is 11.4 Å². The van der Waals surface area contributed by atoms with E-state index in [1.807, 2.05) is 30.5 Å². The van der Waals surface area contributed by atoms with Crippen LogP contribution in [0.2, 0.25) is 5.02 Å². The van der Waals surface area contributed by atoms with Crippen LogP contribution in [0.15, 0.2) is 28.1 Å². The van der Waals surface area contributed by atoms with Crippen molar-refractivity contribution in [2.45, 2.75) is 19.4 Å². The third-order valence-corrected chi connectivity index (χ3v) is 4.74. The number of aromatic nitrogens is 1. The molecule has 2 nitrogen and oxygen atoms in total. The van der Waals surface area contributed by atoms with Crippen LogP contribution in [0.4, 0.5) is 0 Å². The van der Waals surface area contributed by atoms with Crippen LogP contribution < -0.4 is 5.73 Å². The van der Waals surface area contributed by atoms with E-state index in [-0.39, 0.29) is 6.04 Å². The van der Waals surface area contributed by atoms with E-state index >= 15 is 0 Å². The number of nitrogens with two attached hydrogens (primary N) is 1. The number of nitrogens with zero attached hydrogens (tertiary/aromatic N) is 1. The first kappa shape index (κ1) is 13.0. The number of benzene rings is 1. The molecule has 1 aromatic heterocycles. The zero-order chi connectivity index (χ0) is 12.4. The Hall–Kier alpha value is -0.420. The first-order valence-corrected chi connectivity index (χ1v) is 7.23. The Kier molecular flexibility index (Phi) is 4.20. The summed E-state index contributed by atoms with van der Waals surface area (Å²) >= 11 is 11.3. The topological polar surface area (TPSA) is 38.9 Å². The quantitative estimate of drug-likeness (QED) is 0.919. The lowest BCUT2D eigenvalue weighted by molar-refractivity contribution is 0.716. The highest BCUT2D eigenvalue weighted by molar-refractivity contribution is 9.10. The van der Waals surface area contributed by atoms with Gasteiger partial charge < -0.3 is 5.73 Å². The van der Waals surface area contributed by atoms with Crippen LogP contribution in [0.25, 0.3) is 0 Å². The molecule has 0 saturated heterocycles. The van der Waals surface area contributed by atoms with E-state index in [9.17, 15) is 0 Å². The summed E-state index contributed by atoms with van der Waals surface area (Å²) in [6.07, 6.45) is 0.717. The van der Waals surface area contributed by atoms with Crippen molar-refractivity contribution in [1.29, 1.82) is 0 Å². The zero-order valence-electron chi connectivity index (χ0n) is 9.28. The molecule has 2 rings (SSSR count). The molecule has 0 aliphatic heterocycles. The van der Waals surface area contributed by atoms with Crippen molar-refractivity contribution in [3.05, 3.63) is 49.3 Å². The lowest BCUT2D eigenvalue weighted by Crippen LogP contribution is -2.13. The standard InChI is InChI=1S/C12H12BrClN2S/c1-7-6-17-11(16-7)5-10(15)8-3-2-4-9(13)12(8)14/h2-4,6,10H,5,15H2,1H3. The van der Waals surface area contributed by atoms with Gasteiger partial charge in [0.05, 0.1) is 10.0 Å². The van der Waals surface area contributed by atoms with E-state index in [2.05, 4.69) is 20.9 Å². The molecule has 0 radical (unpaired) electrons. The molecule has 1 aromatic carbocycles. The molecule has 1 atom stereocenters. The Morgan fingerprint density at radius 3 is 2.94 bits per heavy atom. The summed E-state index contributed by atoms with van der Waals surface area (Å²) in [5.41, 5.74) is 8.16. The number of thiazole rings is 1. The van der Waals surface area contributed by atoms with Crippen LogP contribution in [-0.2, 0) is 6.42 Å². The van der Waals surface area contributed by atoms with Crippen LogP contribution in [0.1, 0.15) is 22.3 Å². The minimum Gasteiger partial charge on any atom is -0.324 e. The fraction of sp³-hybridized carbons (Fsp3) is 0.250. The van der Waals surface area contributed by atoms with Gasteiger partial charge in [0, 0.05) is 28.0 Å². The molecule has 0 fully saturated rings. The third kappa shape index (κ3) is 3.07. The van der Waals surface area contributed by atoms with E-state index in [1.54, 1.807) is 11.3 Å². The molecule has 0 aliphatic rings. The minimum atomic E-state index is -0.120. The normalized spacial score (nSPS) is 12.7. The summed E-state index contributed by atoms with van der Waals surface area (Å²) in [6.45, 7) is 1.98. The molecular weight excluding hydrogens is 320 g/mol. The second-order valence-electron chi connectivity index (χ2n) is 3.84. The van der Waals surface area contributed by atoms with E-state index < -0.39 is 0 Å². The molecule has 1 heterocycles. The van der Waals surface area contributed by atoms with Gasteiger partial charge in [-0.3, -0.25) is 0 Å². The van der Waals surface area contributed by atoms with E-state index in [0.717, 1.165) is 20.7 Å².